The highest BCUT2D eigenvalue weighted by Crippen LogP contribution is 2.24. The number of anilines is 2. The van der Waals surface area contributed by atoms with Gasteiger partial charge in [-0.25, -0.2) is 4.79 Å². The summed E-state index contributed by atoms with van der Waals surface area (Å²) in [6.45, 7) is 0.790. The summed E-state index contributed by atoms with van der Waals surface area (Å²) in [5, 5.41) is 11.5. The van der Waals surface area contributed by atoms with Gasteiger partial charge in [-0.1, -0.05) is 0 Å². The highest BCUT2D eigenvalue weighted by atomic mass is 16.3. The second kappa shape index (κ2) is 3.78. The first-order valence-electron chi connectivity index (χ1n) is 4.76. The lowest BCUT2D eigenvalue weighted by atomic mass is 10.1. The van der Waals surface area contributed by atoms with Crippen LogP contribution in [0.3, 0.4) is 0 Å². The summed E-state index contributed by atoms with van der Waals surface area (Å²) in [7, 11) is 0. The third kappa shape index (κ3) is 1.87. The van der Waals surface area contributed by atoms with Gasteiger partial charge in [0.15, 0.2) is 0 Å². The Bertz CT molecular complexity index is 392. The van der Waals surface area contributed by atoms with Gasteiger partial charge in [-0.15, -0.1) is 0 Å². The average Bonchev–Trinajstić information content (AvgIpc) is 2.20. The summed E-state index contributed by atoms with van der Waals surface area (Å²) < 4.78 is 0. The fraction of sp³-hybridized carbons (Fsp3) is 0.300. The molecule has 80 valence electrons. The number of β-amino-alcohol motifs (C(OH)–C–C–N with tert-alkyl or cyclic N) is 1. The average molecular weight is 207 g/mol. The molecule has 0 fully saturated rings. The molecule has 0 aromatic heterocycles. The van der Waals surface area contributed by atoms with Gasteiger partial charge in [0.1, 0.15) is 0 Å². The van der Waals surface area contributed by atoms with Gasteiger partial charge in [0.2, 0.25) is 0 Å². The lowest BCUT2D eigenvalue weighted by Gasteiger charge is -2.28. The van der Waals surface area contributed by atoms with Crippen LogP contribution in [-0.4, -0.2) is 29.2 Å². The topological polar surface area (TPSA) is 78.6 Å². The van der Waals surface area contributed by atoms with Crippen molar-refractivity contribution in [1.82, 2.24) is 4.90 Å². The number of carbonyl (C=O) groups excluding carboxylic acids is 1. The summed E-state index contributed by atoms with van der Waals surface area (Å²) in [6.07, 6.45) is 0. The Labute approximate surface area is 87.5 Å². The highest BCUT2D eigenvalue weighted by Gasteiger charge is 2.21. The van der Waals surface area contributed by atoms with Crippen molar-refractivity contribution >= 4 is 17.4 Å². The van der Waals surface area contributed by atoms with Crippen LogP contribution in [0.1, 0.15) is 5.56 Å². The molecule has 15 heavy (non-hydrogen) atoms. The van der Waals surface area contributed by atoms with Gasteiger partial charge in [0, 0.05) is 24.5 Å². The van der Waals surface area contributed by atoms with Crippen molar-refractivity contribution in [2.75, 3.05) is 24.2 Å². The fourth-order valence-electron chi connectivity index (χ4n) is 1.64. The maximum atomic E-state index is 11.5. The van der Waals surface area contributed by atoms with Gasteiger partial charge in [0.25, 0.3) is 0 Å². The van der Waals surface area contributed by atoms with Crippen LogP contribution in [0.15, 0.2) is 18.2 Å². The van der Waals surface area contributed by atoms with E-state index in [2.05, 4.69) is 5.32 Å². The first-order chi connectivity index (χ1) is 7.20. The summed E-state index contributed by atoms with van der Waals surface area (Å²) in [5.74, 6) is 0. The summed E-state index contributed by atoms with van der Waals surface area (Å²) >= 11 is 0. The molecule has 2 amide bonds. The minimum absolute atomic E-state index is 0.0366. The molecule has 2 rings (SSSR count). The number of carbonyl (C=O) groups is 1. The zero-order valence-electron chi connectivity index (χ0n) is 8.23. The van der Waals surface area contributed by atoms with Crippen LogP contribution >= 0.6 is 0 Å². The number of nitrogens with two attached hydrogens (primary N) is 1. The Balaban J connectivity index is 2.26. The number of hydrogen-bond donors (Lipinski definition) is 3. The molecule has 0 atom stereocenters. The van der Waals surface area contributed by atoms with E-state index in [4.69, 9.17) is 10.8 Å². The number of nitrogen functional groups attached to an aromatic ring is 1. The molecule has 1 aromatic carbocycles. The van der Waals surface area contributed by atoms with Crippen LogP contribution in [0.25, 0.3) is 0 Å². The molecule has 0 aliphatic carbocycles. The Hall–Kier alpha value is -1.75. The molecule has 5 heteroatoms. The number of rotatable bonds is 2. The summed E-state index contributed by atoms with van der Waals surface area (Å²) in [5.41, 5.74) is 8.10. The molecule has 4 N–H and O–H groups in total. The lowest BCUT2D eigenvalue weighted by molar-refractivity contribution is 0.183. The highest BCUT2D eigenvalue weighted by molar-refractivity contribution is 5.92. The number of benzene rings is 1. The molecule has 1 aromatic rings. The largest absolute Gasteiger partial charge is 0.399 e. The number of amides is 2. The number of hydrogen-bond acceptors (Lipinski definition) is 3. The summed E-state index contributed by atoms with van der Waals surface area (Å²) in [4.78, 5) is 13.0. The van der Waals surface area contributed by atoms with Gasteiger partial charge in [0.05, 0.1) is 6.61 Å². The van der Waals surface area contributed by atoms with Gasteiger partial charge < -0.3 is 21.1 Å². The number of nitrogens with zero attached hydrogens (tertiary/aromatic N) is 1. The van der Waals surface area contributed by atoms with Crippen LogP contribution < -0.4 is 11.1 Å². The molecule has 0 saturated heterocycles. The zero-order chi connectivity index (χ0) is 10.8. The second-order valence-electron chi connectivity index (χ2n) is 3.49. The van der Waals surface area contributed by atoms with E-state index in [9.17, 15) is 4.79 Å². The third-order valence-electron chi connectivity index (χ3n) is 2.39. The van der Waals surface area contributed by atoms with Crippen molar-refractivity contribution in [1.29, 1.82) is 0 Å². The zero-order valence-corrected chi connectivity index (χ0v) is 8.23. The van der Waals surface area contributed by atoms with Crippen LogP contribution in [0.5, 0.6) is 0 Å². The second-order valence-corrected chi connectivity index (χ2v) is 3.49. The van der Waals surface area contributed by atoms with Crippen molar-refractivity contribution in [3.05, 3.63) is 23.8 Å². The molecule has 0 spiro atoms. The first-order valence-corrected chi connectivity index (χ1v) is 4.76. The molecule has 0 bridgehead atoms. The Morgan fingerprint density at radius 1 is 1.53 bits per heavy atom. The van der Waals surface area contributed by atoms with Crippen molar-refractivity contribution in [2.45, 2.75) is 6.54 Å². The van der Waals surface area contributed by atoms with Crippen LogP contribution in [0.4, 0.5) is 16.2 Å². The maximum Gasteiger partial charge on any atom is 0.322 e. The third-order valence-corrected chi connectivity index (χ3v) is 2.39. The number of aliphatic hydroxyl groups is 1. The SMILES string of the molecule is Nc1ccc2c(c1)CN(CCO)C(=O)N2. The predicted octanol–water partition coefficient (Wildman–Crippen LogP) is 0.609. The Morgan fingerprint density at radius 3 is 3.07 bits per heavy atom. The minimum atomic E-state index is -0.179. The predicted molar refractivity (Wildman–Crippen MR) is 57.4 cm³/mol. The lowest BCUT2D eigenvalue weighted by Crippen LogP contribution is -2.40. The fourth-order valence-corrected chi connectivity index (χ4v) is 1.64. The van der Waals surface area contributed by atoms with E-state index in [1.54, 1.807) is 17.0 Å². The Kier molecular flexibility index (Phi) is 2.47. The number of fused-ring (bicyclic) bond motifs is 1. The molecule has 1 aliphatic heterocycles. The molecule has 0 unspecified atom stereocenters. The van der Waals surface area contributed by atoms with Crippen LogP contribution in [-0.2, 0) is 6.54 Å². The molecule has 0 saturated carbocycles. The molecule has 0 radical (unpaired) electrons. The van der Waals surface area contributed by atoms with E-state index in [-0.39, 0.29) is 12.6 Å². The molecule has 1 aliphatic rings. The minimum Gasteiger partial charge on any atom is -0.399 e. The van der Waals surface area contributed by atoms with Gasteiger partial charge in [-0.2, -0.15) is 0 Å². The van der Waals surface area contributed by atoms with Gasteiger partial charge >= 0.3 is 6.03 Å². The Morgan fingerprint density at radius 2 is 2.33 bits per heavy atom. The molecular formula is C10H13N3O2. The number of nitrogens with one attached hydrogen (secondary N) is 1. The first kappa shape index (κ1) is 9.79. The van der Waals surface area contributed by atoms with E-state index in [0.29, 0.717) is 18.8 Å². The van der Waals surface area contributed by atoms with E-state index >= 15 is 0 Å². The van der Waals surface area contributed by atoms with Crippen LogP contribution in [0, 0.1) is 0 Å². The summed E-state index contributed by atoms with van der Waals surface area (Å²) in [6, 6.07) is 5.19. The van der Waals surface area contributed by atoms with Crippen LogP contribution in [0.2, 0.25) is 0 Å². The number of aliphatic hydroxyl groups excluding tert-OH is 1. The van der Waals surface area contributed by atoms with Crippen molar-refractivity contribution in [2.24, 2.45) is 0 Å². The normalized spacial score (nSPS) is 14.7. The number of urea groups is 1. The molecule has 5 nitrogen and oxygen atoms in total. The van der Waals surface area contributed by atoms with E-state index in [1.807, 2.05) is 6.07 Å². The maximum absolute atomic E-state index is 11.5. The smallest absolute Gasteiger partial charge is 0.322 e. The van der Waals surface area contributed by atoms with E-state index in [0.717, 1.165) is 11.3 Å². The monoisotopic (exact) mass is 207 g/mol. The van der Waals surface area contributed by atoms with Gasteiger partial charge in [-0.05, 0) is 23.8 Å². The van der Waals surface area contributed by atoms with Crippen molar-refractivity contribution < 1.29 is 9.90 Å². The standard InChI is InChI=1S/C10H13N3O2/c11-8-1-2-9-7(5-8)6-13(3-4-14)10(15)12-9/h1-2,5,14H,3-4,6,11H2,(H,12,15). The quantitative estimate of drug-likeness (QED) is 0.622. The molecular weight excluding hydrogens is 194 g/mol. The molecule has 1 heterocycles. The van der Waals surface area contributed by atoms with Crippen molar-refractivity contribution in [3.8, 4) is 0 Å². The van der Waals surface area contributed by atoms with E-state index in [1.165, 1.54) is 0 Å². The van der Waals surface area contributed by atoms with Gasteiger partial charge in [-0.3, -0.25) is 0 Å². The van der Waals surface area contributed by atoms with Crippen molar-refractivity contribution in [3.63, 3.8) is 0 Å². The van der Waals surface area contributed by atoms with E-state index < -0.39 is 0 Å².